The molecular formula is C12H14BrNO. The second-order valence-corrected chi connectivity index (χ2v) is 4.56. The van der Waals surface area contributed by atoms with E-state index in [-0.39, 0.29) is 6.61 Å². The molecule has 0 aliphatic heterocycles. The number of rotatable bonds is 4. The number of halogens is 1. The minimum Gasteiger partial charge on any atom is -0.396 e. The van der Waals surface area contributed by atoms with Gasteiger partial charge in [0, 0.05) is 34.7 Å². The lowest BCUT2D eigenvalue weighted by Gasteiger charge is -2.04. The SMILES string of the molecule is OCCCCn1ccc2cc(Br)ccc21. The second-order valence-electron chi connectivity index (χ2n) is 3.64. The summed E-state index contributed by atoms with van der Waals surface area (Å²) in [5, 5.41) is 9.99. The summed E-state index contributed by atoms with van der Waals surface area (Å²) in [4.78, 5) is 0. The molecule has 0 radical (unpaired) electrons. The Morgan fingerprint density at radius 3 is 2.87 bits per heavy atom. The van der Waals surface area contributed by atoms with Crippen molar-refractivity contribution in [3.05, 3.63) is 34.9 Å². The summed E-state index contributed by atoms with van der Waals surface area (Å²) >= 11 is 3.46. The summed E-state index contributed by atoms with van der Waals surface area (Å²) < 4.78 is 3.35. The van der Waals surface area contributed by atoms with Gasteiger partial charge in [-0.15, -0.1) is 0 Å². The zero-order valence-corrected chi connectivity index (χ0v) is 10.1. The highest BCUT2D eigenvalue weighted by atomic mass is 79.9. The van der Waals surface area contributed by atoms with E-state index in [9.17, 15) is 0 Å². The number of nitrogens with zero attached hydrogens (tertiary/aromatic N) is 1. The van der Waals surface area contributed by atoms with Crippen LogP contribution in [0.1, 0.15) is 12.8 Å². The van der Waals surface area contributed by atoms with Crippen molar-refractivity contribution in [2.24, 2.45) is 0 Å². The molecule has 0 aliphatic rings. The summed E-state index contributed by atoms with van der Waals surface area (Å²) in [7, 11) is 0. The van der Waals surface area contributed by atoms with Crippen LogP contribution in [0, 0.1) is 0 Å². The zero-order valence-electron chi connectivity index (χ0n) is 8.49. The van der Waals surface area contributed by atoms with Gasteiger partial charge in [0.2, 0.25) is 0 Å². The number of benzene rings is 1. The van der Waals surface area contributed by atoms with Crippen LogP contribution in [-0.4, -0.2) is 16.3 Å². The normalized spacial score (nSPS) is 11.1. The molecule has 0 fully saturated rings. The van der Waals surface area contributed by atoms with Crippen LogP contribution in [0.25, 0.3) is 10.9 Å². The van der Waals surface area contributed by atoms with Gasteiger partial charge in [0.1, 0.15) is 0 Å². The van der Waals surface area contributed by atoms with Crippen molar-refractivity contribution in [3.8, 4) is 0 Å². The first-order valence-corrected chi connectivity index (χ1v) is 5.96. The summed E-state index contributed by atoms with van der Waals surface area (Å²) in [5.74, 6) is 0. The van der Waals surface area contributed by atoms with Gasteiger partial charge in [0.25, 0.3) is 0 Å². The van der Waals surface area contributed by atoms with Crippen LogP contribution in [0.15, 0.2) is 34.9 Å². The third kappa shape index (κ3) is 2.41. The first-order chi connectivity index (χ1) is 7.31. The van der Waals surface area contributed by atoms with Crippen molar-refractivity contribution < 1.29 is 5.11 Å². The zero-order chi connectivity index (χ0) is 10.7. The van der Waals surface area contributed by atoms with Crippen molar-refractivity contribution in [2.45, 2.75) is 19.4 Å². The van der Waals surface area contributed by atoms with Crippen LogP contribution < -0.4 is 0 Å². The number of unbranched alkanes of at least 4 members (excludes halogenated alkanes) is 1. The molecule has 15 heavy (non-hydrogen) atoms. The molecule has 3 heteroatoms. The van der Waals surface area contributed by atoms with Crippen LogP contribution in [0.3, 0.4) is 0 Å². The van der Waals surface area contributed by atoms with E-state index in [0.29, 0.717) is 0 Å². The van der Waals surface area contributed by atoms with Gasteiger partial charge in [-0.1, -0.05) is 15.9 Å². The summed E-state index contributed by atoms with van der Waals surface area (Å²) in [5.41, 5.74) is 1.26. The predicted octanol–water partition coefficient (Wildman–Crippen LogP) is 3.18. The Bertz CT molecular complexity index is 450. The van der Waals surface area contributed by atoms with E-state index in [0.717, 1.165) is 23.9 Å². The van der Waals surface area contributed by atoms with Crippen LogP contribution >= 0.6 is 15.9 Å². The Morgan fingerprint density at radius 2 is 2.07 bits per heavy atom. The van der Waals surface area contributed by atoms with Gasteiger partial charge in [-0.05, 0) is 37.1 Å². The number of aliphatic hydroxyl groups excluding tert-OH is 1. The van der Waals surface area contributed by atoms with E-state index in [4.69, 9.17) is 5.11 Å². The van der Waals surface area contributed by atoms with E-state index in [1.165, 1.54) is 10.9 Å². The highest BCUT2D eigenvalue weighted by Crippen LogP contribution is 2.21. The van der Waals surface area contributed by atoms with Gasteiger partial charge in [0.05, 0.1) is 0 Å². The molecule has 1 aromatic carbocycles. The molecule has 1 aromatic heterocycles. The Labute approximate surface area is 97.7 Å². The fourth-order valence-electron chi connectivity index (χ4n) is 1.76. The second kappa shape index (κ2) is 4.81. The van der Waals surface area contributed by atoms with E-state index in [2.05, 4.69) is 51.0 Å². The molecule has 0 bridgehead atoms. The average Bonchev–Trinajstić information content (AvgIpc) is 2.61. The molecular weight excluding hydrogens is 254 g/mol. The smallest absolute Gasteiger partial charge is 0.0481 e. The molecule has 2 nitrogen and oxygen atoms in total. The highest BCUT2D eigenvalue weighted by Gasteiger charge is 2.00. The minimum absolute atomic E-state index is 0.282. The quantitative estimate of drug-likeness (QED) is 0.846. The highest BCUT2D eigenvalue weighted by molar-refractivity contribution is 9.10. The molecule has 0 aliphatic carbocycles. The van der Waals surface area contributed by atoms with E-state index < -0.39 is 0 Å². The molecule has 0 saturated heterocycles. The molecule has 0 saturated carbocycles. The van der Waals surface area contributed by atoms with Crippen LogP contribution in [0.2, 0.25) is 0 Å². The standard InChI is InChI=1S/C12H14BrNO/c13-11-3-4-12-10(9-11)5-7-14(12)6-1-2-8-15/h3-5,7,9,15H,1-2,6,8H2. The van der Waals surface area contributed by atoms with Crippen LogP contribution in [0.5, 0.6) is 0 Å². The lowest BCUT2D eigenvalue weighted by atomic mass is 10.2. The topological polar surface area (TPSA) is 25.2 Å². The van der Waals surface area contributed by atoms with Crippen molar-refractivity contribution in [2.75, 3.05) is 6.61 Å². The Balaban J connectivity index is 2.21. The lowest BCUT2D eigenvalue weighted by molar-refractivity contribution is 0.281. The number of fused-ring (bicyclic) bond motifs is 1. The summed E-state index contributed by atoms with van der Waals surface area (Å²) in [6, 6.07) is 8.43. The fraction of sp³-hybridized carbons (Fsp3) is 0.333. The van der Waals surface area contributed by atoms with E-state index in [1.54, 1.807) is 0 Å². The van der Waals surface area contributed by atoms with Gasteiger partial charge in [0.15, 0.2) is 0 Å². The summed E-state index contributed by atoms with van der Waals surface area (Å²) in [6.07, 6.45) is 4.00. The van der Waals surface area contributed by atoms with Crippen LogP contribution in [0.4, 0.5) is 0 Å². The number of aryl methyl sites for hydroxylation is 1. The van der Waals surface area contributed by atoms with Crippen LogP contribution in [-0.2, 0) is 6.54 Å². The predicted molar refractivity (Wildman–Crippen MR) is 66.0 cm³/mol. The molecule has 0 atom stereocenters. The molecule has 0 unspecified atom stereocenters. The average molecular weight is 268 g/mol. The Hall–Kier alpha value is -0.800. The third-order valence-electron chi connectivity index (χ3n) is 2.54. The Morgan fingerprint density at radius 1 is 1.20 bits per heavy atom. The van der Waals surface area contributed by atoms with Gasteiger partial charge in [-0.2, -0.15) is 0 Å². The maximum atomic E-state index is 8.73. The van der Waals surface area contributed by atoms with E-state index >= 15 is 0 Å². The molecule has 1 heterocycles. The monoisotopic (exact) mass is 267 g/mol. The fourth-order valence-corrected chi connectivity index (χ4v) is 2.14. The molecule has 0 spiro atoms. The molecule has 2 rings (SSSR count). The molecule has 2 aromatic rings. The number of aromatic nitrogens is 1. The van der Waals surface area contributed by atoms with Crippen molar-refractivity contribution >= 4 is 26.8 Å². The van der Waals surface area contributed by atoms with Crippen molar-refractivity contribution in [1.29, 1.82) is 0 Å². The number of aliphatic hydroxyl groups is 1. The first-order valence-electron chi connectivity index (χ1n) is 5.16. The maximum absolute atomic E-state index is 8.73. The van der Waals surface area contributed by atoms with Gasteiger partial charge in [-0.25, -0.2) is 0 Å². The summed E-state index contributed by atoms with van der Waals surface area (Å²) in [6.45, 7) is 1.26. The molecule has 80 valence electrons. The largest absolute Gasteiger partial charge is 0.396 e. The van der Waals surface area contributed by atoms with Gasteiger partial charge < -0.3 is 9.67 Å². The molecule has 1 N–H and O–H groups in total. The van der Waals surface area contributed by atoms with Crippen molar-refractivity contribution in [1.82, 2.24) is 4.57 Å². The minimum atomic E-state index is 0.282. The lowest BCUT2D eigenvalue weighted by Crippen LogP contribution is -1.96. The first kappa shape index (κ1) is 10.7. The van der Waals surface area contributed by atoms with Gasteiger partial charge in [-0.3, -0.25) is 0 Å². The molecule has 0 amide bonds. The third-order valence-corrected chi connectivity index (χ3v) is 3.03. The van der Waals surface area contributed by atoms with Gasteiger partial charge >= 0.3 is 0 Å². The van der Waals surface area contributed by atoms with Crippen molar-refractivity contribution in [3.63, 3.8) is 0 Å². The maximum Gasteiger partial charge on any atom is 0.0481 e. The Kier molecular flexibility index (Phi) is 3.44. The van der Waals surface area contributed by atoms with E-state index in [1.807, 2.05) is 0 Å². The number of hydrogen-bond acceptors (Lipinski definition) is 1. The number of hydrogen-bond donors (Lipinski definition) is 1.